The predicted molar refractivity (Wildman–Crippen MR) is 94.6 cm³/mol. The Morgan fingerprint density at radius 2 is 1.96 bits per heavy atom. The second-order valence-electron chi connectivity index (χ2n) is 6.15. The Kier molecular flexibility index (Phi) is 4.21. The zero-order valence-electron chi connectivity index (χ0n) is 13.7. The molecule has 1 aliphatic heterocycles. The maximum absolute atomic E-state index is 11.4. The molecule has 6 heteroatoms. The summed E-state index contributed by atoms with van der Waals surface area (Å²) in [5, 5.41) is 17.5. The third kappa shape index (κ3) is 3.01. The highest BCUT2D eigenvalue weighted by molar-refractivity contribution is 6.05. The maximum atomic E-state index is 11.4. The van der Waals surface area contributed by atoms with E-state index in [0.717, 1.165) is 49.5 Å². The van der Waals surface area contributed by atoms with Crippen LogP contribution in [0.25, 0.3) is 22.2 Å². The first kappa shape index (κ1) is 15.8. The number of H-pyrrole nitrogens is 1. The molecule has 3 aromatic rings. The van der Waals surface area contributed by atoms with E-state index in [4.69, 9.17) is 4.74 Å². The smallest absolute Gasteiger partial charge is 0.337 e. The number of carboxylic acid groups (broad SMARTS) is 1. The molecule has 2 N–H and O–H groups in total. The highest BCUT2D eigenvalue weighted by Crippen LogP contribution is 2.31. The molecule has 128 valence electrons. The van der Waals surface area contributed by atoms with Gasteiger partial charge in [-0.3, -0.25) is 10.00 Å². The lowest BCUT2D eigenvalue weighted by Crippen LogP contribution is -2.35. The zero-order valence-corrected chi connectivity index (χ0v) is 13.7. The molecular weight excluding hydrogens is 318 g/mol. The summed E-state index contributed by atoms with van der Waals surface area (Å²) in [4.78, 5) is 13.8. The number of benzene rings is 2. The van der Waals surface area contributed by atoms with E-state index in [1.807, 2.05) is 18.2 Å². The summed E-state index contributed by atoms with van der Waals surface area (Å²) in [5.41, 5.74) is 3.81. The van der Waals surface area contributed by atoms with E-state index < -0.39 is 5.97 Å². The van der Waals surface area contributed by atoms with Crippen LogP contribution in [0.15, 0.2) is 42.5 Å². The topological polar surface area (TPSA) is 78.5 Å². The number of morpholine rings is 1. The van der Waals surface area contributed by atoms with Gasteiger partial charge in [-0.1, -0.05) is 36.4 Å². The van der Waals surface area contributed by atoms with Gasteiger partial charge in [-0.15, -0.1) is 0 Å². The predicted octanol–water partition coefficient (Wildman–Crippen LogP) is 2.76. The lowest BCUT2D eigenvalue weighted by Gasteiger charge is -2.27. The van der Waals surface area contributed by atoms with Crippen molar-refractivity contribution in [2.45, 2.75) is 6.54 Å². The van der Waals surface area contributed by atoms with Crippen LogP contribution < -0.4 is 0 Å². The summed E-state index contributed by atoms with van der Waals surface area (Å²) in [7, 11) is 0. The van der Waals surface area contributed by atoms with Gasteiger partial charge >= 0.3 is 5.97 Å². The van der Waals surface area contributed by atoms with Crippen molar-refractivity contribution < 1.29 is 14.6 Å². The molecule has 0 atom stereocenters. The first-order chi connectivity index (χ1) is 12.2. The van der Waals surface area contributed by atoms with Crippen LogP contribution in [0, 0.1) is 0 Å². The van der Waals surface area contributed by atoms with Crippen molar-refractivity contribution in [3.63, 3.8) is 0 Å². The van der Waals surface area contributed by atoms with Crippen molar-refractivity contribution in [3.05, 3.63) is 53.6 Å². The van der Waals surface area contributed by atoms with Crippen LogP contribution in [0.1, 0.15) is 15.9 Å². The van der Waals surface area contributed by atoms with Gasteiger partial charge in [0.2, 0.25) is 0 Å². The number of aromatic amines is 1. The lowest BCUT2D eigenvalue weighted by molar-refractivity contribution is 0.0342. The van der Waals surface area contributed by atoms with Gasteiger partial charge in [-0.25, -0.2) is 4.79 Å². The lowest BCUT2D eigenvalue weighted by atomic mass is 10.00. The highest BCUT2D eigenvalue weighted by Gasteiger charge is 2.18. The van der Waals surface area contributed by atoms with Crippen LogP contribution in [-0.4, -0.2) is 52.5 Å². The number of nitrogens with one attached hydrogen (secondary N) is 1. The number of aromatic nitrogens is 2. The normalized spacial score (nSPS) is 15.5. The minimum Gasteiger partial charge on any atom is -0.478 e. The first-order valence-corrected chi connectivity index (χ1v) is 8.33. The molecule has 1 fully saturated rings. The summed E-state index contributed by atoms with van der Waals surface area (Å²) in [6.45, 7) is 4.19. The van der Waals surface area contributed by atoms with E-state index in [-0.39, 0.29) is 5.56 Å². The Labute approximate surface area is 145 Å². The van der Waals surface area contributed by atoms with Crippen LogP contribution in [-0.2, 0) is 11.3 Å². The van der Waals surface area contributed by atoms with E-state index in [0.29, 0.717) is 5.52 Å². The number of rotatable bonds is 4. The van der Waals surface area contributed by atoms with Crippen molar-refractivity contribution >= 4 is 16.9 Å². The Balaban J connectivity index is 1.76. The first-order valence-electron chi connectivity index (χ1n) is 8.33. The van der Waals surface area contributed by atoms with E-state index in [9.17, 15) is 9.90 Å². The van der Waals surface area contributed by atoms with Crippen molar-refractivity contribution in [3.8, 4) is 11.3 Å². The third-order valence-corrected chi connectivity index (χ3v) is 4.60. The Morgan fingerprint density at radius 1 is 1.16 bits per heavy atom. The van der Waals surface area contributed by atoms with E-state index in [1.165, 1.54) is 5.56 Å². The largest absolute Gasteiger partial charge is 0.478 e. The van der Waals surface area contributed by atoms with Crippen molar-refractivity contribution in [2.24, 2.45) is 0 Å². The number of hydrogen-bond donors (Lipinski definition) is 2. The van der Waals surface area contributed by atoms with Crippen molar-refractivity contribution in [1.29, 1.82) is 0 Å². The molecule has 25 heavy (non-hydrogen) atoms. The minimum atomic E-state index is -0.967. The molecular formula is C19H19N3O3. The summed E-state index contributed by atoms with van der Waals surface area (Å²) < 4.78 is 5.42. The fourth-order valence-electron chi connectivity index (χ4n) is 3.32. The molecule has 0 aliphatic carbocycles. The maximum Gasteiger partial charge on any atom is 0.337 e. The quantitative estimate of drug-likeness (QED) is 0.765. The minimum absolute atomic E-state index is 0.214. The summed E-state index contributed by atoms with van der Waals surface area (Å²) in [5.74, 6) is -0.967. The fraction of sp³-hybridized carbons (Fsp3) is 0.263. The number of nitrogens with zero attached hydrogens (tertiary/aromatic N) is 2. The van der Waals surface area contributed by atoms with Crippen molar-refractivity contribution in [2.75, 3.05) is 26.3 Å². The molecule has 0 radical (unpaired) electrons. The van der Waals surface area contributed by atoms with Crippen LogP contribution in [0.5, 0.6) is 0 Å². The van der Waals surface area contributed by atoms with Crippen LogP contribution in [0.3, 0.4) is 0 Å². The number of carboxylic acids is 1. The second-order valence-corrected chi connectivity index (χ2v) is 6.15. The van der Waals surface area contributed by atoms with Gasteiger partial charge in [-0.2, -0.15) is 5.10 Å². The van der Waals surface area contributed by atoms with Gasteiger partial charge in [0.1, 0.15) is 5.52 Å². The van der Waals surface area contributed by atoms with Gasteiger partial charge in [0.15, 0.2) is 0 Å². The van der Waals surface area contributed by atoms with E-state index in [2.05, 4.69) is 27.2 Å². The molecule has 2 aromatic carbocycles. The second kappa shape index (κ2) is 6.66. The number of ether oxygens (including phenoxy) is 1. The molecule has 0 saturated carbocycles. The monoisotopic (exact) mass is 337 g/mol. The van der Waals surface area contributed by atoms with Crippen molar-refractivity contribution in [1.82, 2.24) is 15.1 Å². The molecule has 1 saturated heterocycles. The fourth-order valence-corrected chi connectivity index (χ4v) is 3.32. The van der Waals surface area contributed by atoms with Gasteiger partial charge in [0.25, 0.3) is 0 Å². The van der Waals surface area contributed by atoms with Gasteiger partial charge < -0.3 is 9.84 Å². The molecule has 4 rings (SSSR count). The molecule has 1 aromatic heterocycles. The Bertz CT molecular complexity index is 913. The van der Waals surface area contributed by atoms with Gasteiger partial charge in [-0.05, 0) is 11.6 Å². The zero-order chi connectivity index (χ0) is 17.2. The van der Waals surface area contributed by atoms with Gasteiger partial charge in [0.05, 0.1) is 24.5 Å². The summed E-state index contributed by atoms with van der Waals surface area (Å²) in [6, 6.07) is 13.4. The SMILES string of the molecule is O=C(O)c1cccc2c(-c3ccccc3CN3CCOCC3)[nH]nc12. The molecule has 1 aliphatic rings. The average Bonchev–Trinajstić information content (AvgIpc) is 3.07. The van der Waals surface area contributed by atoms with E-state index in [1.54, 1.807) is 12.1 Å². The number of para-hydroxylation sites is 1. The highest BCUT2D eigenvalue weighted by atomic mass is 16.5. The summed E-state index contributed by atoms with van der Waals surface area (Å²) in [6.07, 6.45) is 0. The standard InChI is InChI=1S/C19H19N3O3/c23-19(24)16-7-3-6-15-17(20-21-18(15)16)14-5-2-1-4-13(14)12-22-8-10-25-11-9-22/h1-7H,8-12H2,(H,20,21)(H,23,24). The molecule has 0 spiro atoms. The number of carbonyl (C=O) groups is 1. The number of hydrogen-bond acceptors (Lipinski definition) is 4. The van der Waals surface area contributed by atoms with Crippen LogP contribution >= 0.6 is 0 Å². The Morgan fingerprint density at radius 3 is 2.76 bits per heavy atom. The number of fused-ring (bicyclic) bond motifs is 1. The molecule has 0 amide bonds. The Hall–Kier alpha value is -2.70. The molecule has 0 unspecified atom stereocenters. The van der Waals surface area contributed by atoms with Crippen LogP contribution in [0.2, 0.25) is 0 Å². The van der Waals surface area contributed by atoms with Gasteiger partial charge in [0, 0.05) is 30.6 Å². The average molecular weight is 337 g/mol. The summed E-state index contributed by atoms with van der Waals surface area (Å²) >= 11 is 0. The number of aromatic carboxylic acids is 1. The third-order valence-electron chi connectivity index (χ3n) is 4.60. The van der Waals surface area contributed by atoms with Crippen LogP contribution in [0.4, 0.5) is 0 Å². The molecule has 2 heterocycles. The van der Waals surface area contributed by atoms with E-state index >= 15 is 0 Å². The molecule has 0 bridgehead atoms. The molecule has 6 nitrogen and oxygen atoms in total.